The molecule has 0 amide bonds. The molecule has 0 saturated carbocycles. The molecule has 6 nitrogen and oxygen atoms in total. The number of rotatable bonds is 9. The maximum absolute atomic E-state index is 12.8. The van der Waals surface area contributed by atoms with E-state index in [4.69, 9.17) is 0 Å². The molecule has 6 heteroatoms. The van der Waals surface area contributed by atoms with Gasteiger partial charge in [0.2, 0.25) is 11.6 Å². The minimum Gasteiger partial charge on any atom is -0.478 e. The number of carbonyl (C=O) groups is 2. The standard InChI is InChI=1S/C28H27N3O3/c1-19(2)15-26-29-27(25(32)17-20-9-5-3-6-10-20)30-31(26)18-21-13-14-23(24(16-21)28(33)34)22-11-7-4-8-12-22/h3-14,16,19H,15,17-18H2,1-2H3,(H,33,34). The van der Waals surface area contributed by atoms with Crippen molar-refractivity contribution in [1.29, 1.82) is 0 Å². The smallest absolute Gasteiger partial charge is 0.336 e. The molecule has 0 aliphatic rings. The second kappa shape index (κ2) is 10.3. The number of Topliss-reactive ketones (excluding diaryl/α,β-unsaturated/α-hetero) is 1. The van der Waals surface area contributed by atoms with Crippen LogP contribution in [0.3, 0.4) is 0 Å². The van der Waals surface area contributed by atoms with Crippen LogP contribution in [0.5, 0.6) is 0 Å². The van der Waals surface area contributed by atoms with E-state index < -0.39 is 5.97 Å². The van der Waals surface area contributed by atoms with Gasteiger partial charge in [-0.05, 0) is 34.2 Å². The zero-order valence-corrected chi connectivity index (χ0v) is 19.3. The summed E-state index contributed by atoms with van der Waals surface area (Å²) in [6.07, 6.45) is 0.903. The summed E-state index contributed by atoms with van der Waals surface area (Å²) in [7, 11) is 0. The van der Waals surface area contributed by atoms with E-state index in [0.717, 1.165) is 22.5 Å². The maximum Gasteiger partial charge on any atom is 0.336 e. The molecule has 0 radical (unpaired) electrons. The van der Waals surface area contributed by atoms with Gasteiger partial charge < -0.3 is 5.11 Å². The highest BCUT2D eigenvalue weighted by Crippen LogP contribution is 2.25. The number of carbonyl (C=O) groups excluding carboxylic acids is 1. The molecule has 0 atom stereocenters. The fraction of sp³-hybridized carbons (Fsp3) is 0.214. The maximum atomic E-state index is 12.8. The Morgan fingerprint density at radius 2 is 1.59 bits per heavy atom. The summed E-state index contributed by atoms with van der Waals surface area (Å²) in [6, 6.07) is 24.4. The lowest BCUT2D eigenvalue weighted by Crippen LogP contribution is -2.11. The van der Waals surface area contributed by atoms with Crippen LogP contribution in [0, 0.1) is 5.92 Å². The lowest BCUT2D eigenvalue weighted by molar-refractivity contribution is 0.0697. The first-order chi connectivity index (χ1) is 16.4. The first-order valence-corrected chi connectivity index (χ1v) is 11.3. The molecule has 0 aliphatic carbocycles. The lowest BCUT2D eigenvalue weighted by atomic mass is 9.97. The van der Waals surface area contributed by atoms with E-state index in [1.807, 2.05) is 72.8 Å². The minimum absolute atomic E-state index is 0.138. The zero-order chi connectivity index (χ0) is 24.1. The molecule has 0 fully saturated rings. The van der Waals surface area contributed by atoms with Crippen molar-refractivity contribution in [2.24, 2.45) is 5.92 Å². The molecular weight excluding hydrogens is 426 g/mol. The summed E-state index contributed by atoms with van der Waals surface area (Å²) in [5.41, 5.74) is 3.44. The Bertz CT molecular complexity index is 1300. The largest absolute Gasteiger partial charge is 0.478 e. The highest BCUT2D eigenvalue weighted by Gasteiger charge is 2.19. The van der Waals surface area contributed by atoms with Crippen LogP contribution in [0.2, 0.25) is 0 Å². The van der Waals surface area contributed by atoms with Crippen LogP contribution in [0.4, 0.5) is 0 Å². The van der Waals surface area contributed by atoms with Crippen LogP contribution in [0.15, 0.2) is 78.9 Å². The van der Waals surface area contributed by atoms with Gasteiger partial charge in [0.15, 0.2) is 0 Å². The average Bonchev–Trinajstić information content (AvgIpc) is 3.22. The number of carboxylic acid groups (broad SMARTS) is 1. The van der Waals surface area contributed by atoms with Crippen molar-refractivity contribution in [2.75, 3.05) is 0 Å². The third-order valence-corrected chi connectivity index (χ3v) is 5.53. The quantitative estimate of drug-likeness (QED) is 0.347. The summed E-state index contributed by atoms with van der Waals surface area (Å²) in [5, 5.41) is 14.3. The van der Waals surface area contributed by atoms with E-state index in [9.17, 15) is 14.7 Å². The van der Waals surface area contributed by atoms with Gasteiger partial charge >= 0.3 is 5.97 Å². The van der Waals surface area contributed by atoms with Gasteiger partial charge in [-0.15, -0.1) is 5.10 Å². The molecule has 0 aliphatic heterocycles. The predicted molar refractivity (Wildman–Crippen MR) is 131 cm³/mol. The molecule has 172 valence electrons. The topological polar surface area (TPSA) is 85.1 Å². The van der Waals surface area contributed by atoms with Crippen LogP contribution in [0.1, 0.15) is 51.8 Å². The third-order valence-electron chi connectivity index (χ3n) is 5.53. The van der Waals surface area contributed by atoms with Crippen LogP contribution < -0.4 is 0 Å². The molecular formula is C28H27N3O3. The first-order valence-electron chi connectivity index (χ1n) is 11.3. The Morgan fingerprint density at radius 1 is 0.912 bits per heavy atom. The Morgan fingerprint density at radius 3 is 2.24 bits per heavy atom. The van der Waals surface area contributed by atoms with Crippen molar-refractivity contribution in [2.45, 2.75) is 33.2 Å². The highest BCUT2D eigenvalue weighted by atomic mass is 16.4. The minimum atomic E-state index is -0.986. The van der Waals surface area contributed by atoms with Crippen LogP contribution in [-0.2, 0) is 19.4 Å². The van der Waals surface area contributed by atoms with Crippen molar-refractivity contribution in [1.82, 2.24) is 14.8 Å². The van der Waals surface area contributed by atoms with Crippen molar-refractivity contribution in [3.8, 4) is 11.1 Å². The zero-order valence-electron chi connectivity index (χ0n) is 19.3. The van der Waals surface area contributed by atoms with Gasteiger partial charge in [0.25, 0.3) is 0 Å². The van der Waals surface area contributed by atoms with Crippen molar-refractivity contribution in [3.63, 3.8) is 0 Å². The molecule has 1 aromatic heterocycles. The first kappa shape index (κ1) is 23.1. The number of aromatic carboxylic acids is 1. The van der Waals surface area contributed by atoms with Crippen molar-refractivity contribution < 1.29 is 14.7 Å². The Balaban J connectivity index is 1.64. The summed E-state index contributed by atoms with van der Waals surface area (Å²) in [6.45, 7) is 4.51. The molecule has 0 unspecified atom stereocenters. The van der Waals surface area contributed by atoms with Gasteiger partial charge in [0.05, 0.1) is 12.1 Å². The number of benzene rings is 3. The van der Waals surface area contributed by atoms with Crippen LogP contribution in [0.25, 0.3) is 11.1 Å². The molecule has 0 spiro atoms. The van der Waals surface area contributed by atoms with E-state index in [1.165, 1.54) is 0 Å². The van der Waals surface area contributed by atoms with Crippen LogP contribution in [-0.4, -0.2) is 31.6 Å². The molecule has 3 aromatic carbocycles. The van der Waals surface area contributed by atoms with Gasteiger partial charge in [-0.1, -0.05) is 86.6 Å². The summed E-state index contributed by atoms with van der Waals surface area (Å²) >= 11 is 0. The van der Waals surface area contributed by atoms with Gasteiger partial charge in [-0.3, -0.25) is 4.79 Å². The number of nitrogens with zero attached hydrogens (tertiary/aromatic N) is 3. The molecule has 1 N–H and O–H groups in total. The summed E-state index contributed by atoms with van der Waals surface area (Å²) < 4.78 is 1.72. The van der Waals surface area contributed by atoms with E-state index in [1.54, 1.807) is 10.7 Å². The predicted octanol–water partition coefficient (Wildman–Crippen LogP) is 5.32. The summed E-state index contributed by atoms with van der Waals surface area (Å²) in [5.74, 6) is 0.116. The fourth-order valence-electron chi connectivity index (χ4n) is 3.90. The van der Waals surface area contributed by atoms with Crippen molar-refractivity contribution >= 4 is 11.8 Å². The number of hydrogen-bond donors (Lipinski definition) is 1. The van der Waals surface area contributed by atoms with Gasteiger partial charge in [-0.25, -0.2) is 14.5 Å². The molecule has 1 heterocycles. The number of hydrogen-bond acceptors (Lipinski definition) is 4. The van der Waals surface area contributed by atoms with Crippen LogP contribution >= 0.6 is 0 Å². The Hall–Kier alpha value is -4.06. The van der Waals surface area contributed by atoms with E-state index in [0.29, 0.717) is 24.4 Å². The second-order valence-electron chi connectivity index (χ2n) is 8.74. The Kier molecular flexibility index (Phi) is 6.97. The lowest BCUT2D eigenvalue weighted by Gasteiger charge is -2.11. The second-order valence-corrected chi connectivity index (χ2v) is 8.74. The van der Waals surface area contributed by atoms with E-state index >= 15 is 0 Å². The normalized spacial score (nSPS) is 11.0. The molecule has 0 saturated heterocycles. The SMILES string of the molecule is CC(C)Cc1nc(C(=O)Cc2ccccc2)nn1Cc1ccc(-c2ccccc2)c(C(=O)O)c1. The van der Waals surface area contributed by atoms with E-state index in [2.05, 4.69) is 23.9 Å². The average molecular weight is 454 g/mol. The molecule has 4 aromatic rings. The fourth-order valence-corrected chi connectivity index (χ4v) is 3.90. The number of aromatic nitrogens is 3. The third kappa shape index (κ3) is 5.46. The highest BCUT2D eigenvalue weighted by molar-refractivity contribution is 5.96. The van der Waals surface area contributed by atoms with Gasteiger partial charge in [-0.2, -0.15) is 0 Å². The number of ketones is 1. The summed E-state index contributed by atoms with van der Waals surface area (Å²) in [4.78, 5) is 29.4. The van der Waals surface area contributed by atoms with Crippen molar-refractivity contribution in [3.05, 3.63) is 107 Å². The van der Waals surface area contributed by atoms with Gasteiger partial charge in [0.1, 0.15) is 5.82 Å². The molecule has 34 heavy (non-hydrogen) atoms. The van der Waals surface area contributed by atoms with E-state index in [-0.39, 0.29) is 23.6 Å². The Labute approximate surface area is 198 Å². The monoisotopic (exact) mass is 453 g/mol. The molecule has 4 rings (SSSR count). The van der Waals surface area contributed by atoms with Gasteiger partial charge in [0, 0.05) is 12.8 Å². The molecule has 0 bridgehead atoms. The number of carboxylic acids is 1.